The van der Waals surface area contributed by atoms with Crippen molar-refractivity contribution in [3.8, 4) is 5.75 Å². The van der Waals surface area contributed by atoms with E-state index in [0.29, 0.717) is 6.54 Å². The molecule has 1 aromatic heterocycles. The Hall–Kier alpha value is -2.82. The van der Waals surface area contributed by atoms with E-state index in [4.69, 9.17) is 0 Å². The second kappa shape index (κ2) is 8.52. The number of aryl methyl sites for hydroxylation is 1. The standard InChI is InChI=1S/C21H26N4O/c1-3-24(4-2)18-11-10-17(21(26)14-18)15-22-12-7-13-25-16-23-19-8-5-6-9-20(19)25/h5-6,8-11,14-16,26H,3-4,7,12-13H2,1-2H3. The third-order valence-corrected chi connectivity index (χ3v) is 4.59. The molecule has 0 fully saturated rings. The quantitative estimate of drug-likeness (QED) is 0.492. The van der Waals surface area contributed by atoms with Gasteiger partial charge in [-0.3, -0.25) is 4.99 Å². The summed E-state index contributed by atoms with van der Waals surface area (Å²) >= 11 is 0. The van der Waals surface area contributed by atoms with Gasteiger partial charge in [0.1, 0.15) is 5.75 Å². The van der Waals surface area contributed by atoms with E-state index < -0.39 is 0 Å². The van der Waals surface area contributed by atoms with Crippen LogP contribution < -0.4 is 4.90 Å². The summed E-state index contributed by atoms with van der Waals surface area (Å²) in [6, 6.07) is 13.9. The third kappa shape index (κ3) is 4.04. The molecule has 26 heavy (non-hydrogen) atoms. The maximum atomic E-state index is 10.2. The summed E-state index contributed by atoms with van der Waals surface area (Å²) in [6.45, 7) is 7.66. The van der Waals surface area contributed by atoms with E-state index in [9.17, 15) is 5.11 Å². The van der Waals surface area contributed by atoms with Gasteiger partial charge >= 0.3 is 0 Å². The van der Waals surface area contributed by atoms with Gasteiger partial charge in [0, 0.05) is 49.7 Å². The zero-order chi connectivity index (χ0) is 18.4. The molecule has 136 valence electrons. The molecule has 0 spiro atoms. The van der Waals surface area contributed by atoms with Gasteiger partial charge in [0.15, 0.2) is 0 Å². The van der Waals surface area contributed by atoms with Crippen LogP contribution in [0.1, 0.15) is 25.8 Å². The molecule has 0 amide bonds. The minimum absolute atomic E-state index is 0.277. The zero-order valence-corrected chi connectivity index (χ0v) is 15.5. The van der Waals surface area contributed by atoms with Gasteiger partial charge in [-0.1, -0.05) is 12.1 Å². The van der Waals surface area contributed by atoms with Crippen molar-refractivity contribution in [1.29, 1.82) is 0 Å². The first-order valence-corrected chi connectivity index (χ1v) is 9.20. The SMILES string of the molecule is CCN(CC)c1ccc(C=NCCCn2cnc3ccccc32)c(O)c1. The Kier molecular flexibility index (Phi) is 5.89. The van der Waals surface area contributed by atoms with Gasteiger partial charge in [0.25, 0.3) is 0 Å². The van der Waals surface area contributed by atoms with Crippen LogP contribution in [-0.4, -0.2) is 40.5 Å². The van der Waals surface area contributed by atoms with E-state index in [0.717, 1.165) is 48.3 Å². The highest BCUT2D eigenvalue weighted by Gasteiger charge is 2.05. The maximum Gasteiger partial charge on any atom is 0.126 e. The first-order chi connectivity index (χ1) is 12.7. The average molecular weight is 350 g/mol. The van der Waals surface area contributed by atoms with E-state index in [1.165, 1.54) is 0 Å². The Morgan fingerprint density at radius 1 is 1.15 bits per heavy atom. The lowest BCUT2D eigenvalue weighted by Gasteiger charge is -2.21. The number of phenols is 1. The fourth-order valence-electron chi connectivity index (χ4n) is 3.11. The number of phenolic OH excluding ortho intramolecular Hbond substituents is 1. The molecule has 5 nitrogen and oxygen atoms in total. The predicted octanol–water partition coefficient (Wildman–Crippen LogP) is 4.10. The molecular formula is C21H26N4O. The molecule has 0 saturated carbocycles. The van der Waals surface area contributed by atoms with Crippen LogP contribution in [0.4, 0.5) is 5.69 Å². The van der Waals surface area contributed by atoms with Gasteiger partial charge in [-0.2, -0.15) is 0 Å². The molecule has 0 unspecified atom stereocenters. The van der Waals surface area contributed by atoms with Crippen molar-refractivity contribution in [3.05, 3.63) is 54.4 Å². The average Bonchev–Trinajstić information content (AvgIpc) is 3.07. The number of nitrogens with zero attached hydrogens (tertiary/aromatic N) is 4. The highest BCUT2D eigenvalue weighted by atomic mass is 16.3. The molecule has 0 saturated heterocycles. The van der Waals surface area contributed by atoms with Gasteiger partial charge in [0.2, 0.25) is 0 Å². The van der Waals surface area contributed by atoms with Gasteiger partial charge in [-0.25, -0.2) is 4.98 Å². The number of para-hydroxylation sites is 2. The number of aromatic nitrogens is 2. The number of aromatic hydroxyl groups is 1. The van der Waals surface area contributed by atoms with Gasteiger partial charge in [0.05, 0.1) is 17.4 Å². The van der Waals surface area contributed by atoms with E-state index >= 15 is 0 Å². The second-order valence-electron chi connectivity index (χ2n) is 6.23. The molecule has 0 atom stereocenters. The summed E-state index contributed by atoms with van der Waals surface area (Å²) in [6.07, 6.45) is 4.56. The number of imidazole rings is 1. The van der Waals surface area contributed by atoms with Crippen LogP contribution in [-0.2, 0) is 6.54 Å². The topological polar surface area (TPSA) is 53.7 Å². The Bertz CT molecular complexity index is 881. The van der Waals surface area contributed by atoms with E-state index in [-0.39, 0.29) is 5.75 Å². The number of benzene rings is 2. The third-order valence-electron chi connectivity index (χ3n) is 4.59. The van der Waals surface area contributed by atoms with Gasteiger partial charge in [-0.15, -0.1) is 0 Å². The Labute approximate surface area is 154 Å². The lowest BCUT2D eigenvalue weighted by Crippen LogP contribution is -2.21. The van der Waals surface area contributed by atoms with Crippen LogP contribution >= 0.6 is 0 Å². The summed E-state index contributed by atoms with van der Waals surface area (Å²) in [4.78, 5) is 11.1. The lowest BCUT2D eigenvalue weighted by atomic mass is 10.2. The zero-order valence-electron chi connectivity index (χ0n) is 15.5. The highest BCUT2D eigenvalue weighted by Crippen LogP contribution is 2.23. The summed E-state index contributed by atoms with van der Waals surface area (Å²) in [5.41, 5.74) is 3.97. The Morgan fingerprint density at radius 3 is 2.73 bits per heavy atom. The minimum atomic E-state index is 0.277. The normalized spacial score (nSPS) is 11.5. The summed E-state index contributed by atoms with van der Waals surface area (Å²) in [5, 5.41) is 10.2. The molecule has 1 heterocycles. The highest BCUT2D eigenvalue weighted by molar-refractivity contribution is 5.84. The van der Waals surface area contributed by atoms with Crippen LogP contribution in [0.3, 0.4) is 0 Å². The molecular weight excluding hydrogens is 324 g/mol. The van der Waals surface area contributed by atoms with E-state index in [1.54, 1.807) is 6.21 Å². The van der Waals surface area contributed by atoms with Crippen molar-refractivity contribution in [2.24, 2.45) is 4.99 Å². The minimum Gasteiger partial charge on any atom is -0.507 e. The van der Waals surface area contributed by atoms with Crippen molar-refractivity contribution in [2.75, 3.05) is 24.5 Å². The van der Waals surface area contributed by atoms with Crippen molar-refractivity contribution in [2.45, 2.75) is 26.8 Å². The number of fused-ring (bicyclic) bond motifs is 1. The fourth-order valence-corrected chi connectivity index (χ4v) is 3.11. The molecule has 0 aliphatic rings. The molecule has 0 bridgehead atoms. The smallest absolute Gasteiger partial charge is 0.126 e. The first-order valence-electron chi connectivity index (χ1n) is 9.20. The van der Waals surface area contributed by atoms with Crippen LogP contribution in [0.15, 0.2) is 53.8 Å². The summed E-state index contributed by atoms with van der Waals surface area (Å²) < 4.78 is 2.15. The van der Waals surface area contributed by atoms with E-state index in [2.05, 4.69) is 39.4 Å². The first kappa shape index (κ1) is 18.0. The number of aliphatic imine (C=N–C) groups is 1. The van der Waals surface area contributed by atoms with Crippen LogP contribution in [0.5, 0.6) is 5.75 Å². The number of rotatable bonds is 8. The van der Waals surface area contributed by atoms with Crippen molar-refractivity contribution in [1.82, 2.24) is 9.55 Å². The van der Waals surface area contributed by atoms with Gasteiger partial charge in [-0.05, 0) is 44.5 Å². The second-order valence-corrected chi connectivity index (χ2v) is 6.23. The monoisotopic (exact) mass is 350 g/mol. The van der Waals surface area contributed by atoms with Gasteiger partial charge < -0.3 is 14.6 Å². The van der Waals surface area contributed by atoms with Crippen LogP contribution in [0.2, 0.25) is 0 Å². The lowest BCUT2D eigenvalue weighted by molar-refractivity contribution is 0.474. The summed E-state index contributed by atoms with van der Waals surface area (Å²) in [5.74, 6) is 0.277. The van der Waals surface area contributed by atoms with Crippen molar-refractivity contribution in [3.63, 3.8) is 0 Å². The molecule has 0 aliphatic carbocycles. The van der Waals surface area contributed by atoms with Crippen LogP contribution in [0.25, 0.3) is 11.0 Å². The van der Waals surface area contributed by atoms with E-state index in [1.807, 2.05) is 42.7 Å². The molecule has 3 aromatic rings. The Morgan fingerprint density at radius 2 is 1.96 bits per heavy atom. The number of anilines is 1. The molecule has 0 radical (unpaired) electrons. The number of hydrogen-bond donors (Lipinski definition) is 1. The predicted molar refractivity (Wildman–Crippen MR) is 108 cm³/mol. The maximum absolute atomic E-state index is 10.2. The Balaban J connectivity index is 1.55. The largest absolute Gasteiger partial charge is 0.507 e. The van der Waals surface area contributed by atoms with Crippen molar-refractivity contribution < 1.29 is 5.11 Å². The molecule has 3 rings (SSSR count). The summed E-state index contributed by atoms with van der Waals surface area (Å²) in [7, 11) is 0. The molecule has 2 aromatic carbocycles. The number of hydrogen-bond acceptors (Lipinski definition) is 4. The van der Waals surface area contributed by atoms with Crippen LogP contribution in [0, 0.1) is 0 Å². The molecule has 1 N–H and O–H groups in total. The fraction of sp³-hybridized carbons (Fsp3) is 0.333. The molecule has 0 aliphatic heterocycles. The molecule has 5 heteroatoms. The van der Waals surface area contributed by atoms with Crippen molar-refractivity contribution >= 4 is 22.9 Å².